The maximum absolute atomic E-state index is 13.9. The van der Waals surface area contributed by atoms with Crippen LogP contribution < -0.4 is 19.7 Å². The fourth-order valence-electron chi connectivity index (χ4n) is 9.69. The van der Waals surface area contributed by atoms with E-state index in [0.717, 1.165) is 80.5 Å². The summed E-state index contributed by atoms with van der Waals surface area (Å²) in [5.41, 5.74) is 4.82. The molecule has 2 aromatic carbocycles. The summed E-state index contributed by atoms with van der Waals surface area (Å²) >= 11 is 0. The number of nitro benzene ring substituents is 1. The summed E-state index contributed by atoms with van der Waals surface area (Å²) in [6.45, 7) is 6.23. The maximum atomic E-state index is 13.9. The van der Waals surface area contributed by atoms with E-state index in [4.69, 9.17) is 9.47 Å². The lowest BCUT2D eigenvalue weighted by Gasteiger charge is -2.38. The second kappa shape index (κ2) is 16.3. The first-order chi connectivity index (χ1) is 28.2. The monoisotopic (exact) mass is 809 g/mol. The lowest BCUT2D eigenvalue weighted by Crippen LogP contribution is -2.47. The third kappa shape index (κ3) is 8.30. The van der Waals surface area contributed by atoms with Crippen molar-refractivity contribution in [2.45, 2.75) is 62.7 Å². The number of aromatic amines is 1. The average molecular weight is 810 g/mol. The SMILES string of the molecule is O=C(NS(=O)(=O)c1ccc(NCC2CCOCC2)c([N+](=O)[O-])c1)c1ccc(N2CCN(CC3=C([C@@H]4CCC5CC54)CCCC3)CC2)cc1Oc1cnc2[nH]ccc2c1. The first-order valence-electron chi connectivity index (χ1n) is 20.8. The van der Waals surface area contributed by atoms with Crippen molar-refractivity contribution in [3.8, 4) is 11.5 Å². The predicted octanol–water partition coefficient (Wildman–Crippen LogP) is 7.26. The van der Waals surface area contributed by atoms with E-state index in [1.54, 1.807) is 41.7 Å². The highest BCUT2D eigenvalue weighted by atomic mass is 32.2. The van der Waals surface area contributed by atoms with Crippen LogP contribution in [0.1, 0.15) is 68.1 Å². The number of hydrogen-bond acceptors (Lipinski definition) is 11. The molecule has 3 aliphatic carbocycles. The number of hydrogen-bond donors (Lipinski definition) is 3. The molecular formula is C43H51N7O7S. The van der Waals surface area contributed by atoms with Crippen LogP contribution in [0.5, 0.6) is 11.5 Å². The van der Waals surface area contributed by atoms with Crippen LogP contribution >= 0.6 is 0 Å². The number of aromatic nitrogens is 2. The number of nitro groups is 1. The molecule has 0 radical (unpaired) electrons. The molecule has 2 aliphatic heterocycles. The summed E-state index contributed by atoms with van der Waals surface area (Å²) in [7, 11) is -4.53. The lowest BCUT2D eigenvalue weighted by atomic mass is 9.81. The minimum absolute atomic E-state index is 0.00838. The topological polar surface area (TPSA) is 172 Å². The first-order valence-corrected chi connectivity index (χ1v) is 22.3. The Morgan fingerprint density at radius 3 is 2.60 bits per heavy atom. The summed E-state index contributed by atoms with van der Waals surface area (Å²) in [6.07, 6.45) is 14.3. The van der Waals surface area contributed by atoms with Crippen LogP contribution in [-0.4, -0.2) is 86.6 Å². The normalized spacial score (nSPS) is 22.8. The zero-order valence-electron chi connectivity index (χ0n) is 32.7. The van der Waals surface area contributed by atoms with Crippen molar-refractivity contribution in [1.29, 1.82) is 0 Å². The largest absolute Gasteiger partial charge is 0.455 e. The number of ether oxygens (including phenoxy) is 2. The standard InChI is InChI=1S/C43H51N7O7S/c51-43(47-58(54,55)34-7-10-39(40(24-34)50(52)53)45-25-28-12-19-56-20-13-28)37-9-6-32(23-41(37)57-33-21-30-11-14-44-42(30)46-26-33)49-17-15-48(16-18-49)27-31-3-1-2-4-35(31)36-8-5-29-22-38(29)36/h6-7,9-11,14,21,23-24,26,28-29,36,38,45H,1-5,8,12-13,15-20,22,25,27H2,(H,44,46)(H,47,51)/t29?,36-,38?/m0/s1. The van der Waals surface area contributed by atoms with Crippen molar-refractivity contribution in [2.24, 2.45) is 23.7 Å². The number of carbonyl (C=O) groups excluding carboxylic acids is 1. The summed E-state index contributed by atoms with van der Waals surface area (Å²) in [6, 6.07) is 12.4. The molecular weight excluding hydrogens is 759 g/mol. The van der Waals surface area contributed by atoms with Gasteiger partial charge < -0.3 is 24.7 Å². The molecule has 5 aliphatic rings. The zero-order valence-corrected chi connectivity index (χ0v) is 33.5. The lowest BCUT2D eigenvalue weighted by molar-refractivity contribution is -0.384. The summed E-state index contributed by atoms with van der Waals surface area (Å²) in [5.74, 6) is 2.66. The minimum Gasteiger partial charge on any atom is -0.455 e. The molecule has 4 aromatic rings. The van der Waals surface area contributed by atoms with Crippen LogP contribution in [-0.2, 0) is 14.8 Å². The third-order valence-electron chi connectivity index (χ3n) is 13.0. The quantitative estimate of drug-likeness (QED) is 0.0705. The number of amides is 1. The molecule has 1 amide bonds. The van der Waals surface area contributed by atoms with Gasteiger partial charge in [-0.3, -0.25) is 19.8 Å². The van der Waals surface area contributed by atoms with Crippen LogP contribution in [0.4, 0.5) is 17.1 Å². The molecule has 58 heavy (non-hydrogen) atoms. The average Bonchev–Trinajstić information content (AvgIpc) is 3.64. The van der Waals surface area contributed by atoms with E-state index in [1.165, 1.54) is 57.1 Å². The van der Waals surface area contributed by atoms with E-state index in [-0.39, 0.29) is 22.9 Å². The summed E-state index contributed by atoms with van der Waals surface area (Å²) < 4.78 is 41.1. The number of allylic oxidation sites excluding steroid dienone is 1. The Bertz CT molecular complexity index is 2330. The Labute approximate surface area is 338 Å². The highest BCUT2D eigenvalue weighted by Crippen LogP contribution is 2.59. The molecule has 2 saturated carbocycles. The van der Waals surface area contributed by atoms with Crippen molar-refractivity contribution in [2.75, 3.05) is 62.7 Å². The Kier molecular flexibility index (Phi) is 10.9. The van der Waals surface area contributed by atoms with Crippen molar-refractivity contribution >= 4 is 44.0 Å². The summed E-state index contributed by atoms with van der Waals surface area (Å²) in [5, 5.41) is 16.0. The number of anilines is 2. The van der Waals surface area contributed by atoms with Gasteiger partial charge in [0.2, 0.25) is 0 Å². The highest BCUT2D eigenvalue weighted by molar-refractivity contribution is 7.90. The Balaban J connectivity index is 0.920. The van der Waals surface area contributed by atoms with Gasteiger partial charge in [-0.05, 0) is 118 Å². The van der Waals surface area contributed by atoms with E-state index in [9.17, 15) is 23.3 Å². The van der Waals surface area contributed by atoms with Crippen molar-refractivity contribution in [3.63, 3.8) is 0 Å². The van der Waals surface area contributed by atoms with E-state index < -0.39 is 31.4 Å². The molecule has 3 N–H and O–H groups in total. The fraction of sp³-hybridized carbons (Fsp3) is 0.488. The molecule has 2 aromatic heterocycles. The number of nitrogens with one attached hydrogen (secondary N) is 3. The number of nitrogens with zero attached hydrogens (tertiary/aromatic N) is 4. The molecule has 2 saturated heterocycles. The minimum atomic E-state index is -4.53. The van der Waals surface area contributed by atoms with E-state index >= 15 is 0 Å². The number of pyridine rings is 1. The molecule has 14 nitrogen and oxygen atoms in total. The maximum Gasteiger partial charge on any atom is 0.293 e. The molecule has 0 spiro atoms. The van der Waals surface area contributed by atoms with Crippen molar-refractivity contribution in [3.05, 3.63) is 87.7 Å². The van der Waals surface area contributed by atoms with Gasteiger partial charge in [0.25, 0.3) is 21.6 Å². The number of rotatable bonds is 13. The highest BCUT2D eigenvalue weighted by Gasteiger charge is 2.49. The van der Waals surface area contributed by atoms with Crippen molar-refractivity contribution < 1.29 is 27.6 Å². The summed E-state index contributed by atoms with van der Waals surface area (Å²) in [4.78, 5) is 37.2. The molecule has 3 atom stereocenters. The van der Waals surface area contributed by atoms with Gasteiger partial charge in [-0.2, -0.15) is 0 Å². The molecule has 15 heteroatoms. The van der Waals surface area contributed by atoms with E-state index in [1.807, 2.05) is 12.1 Å². The number of sulfonamides is 1. The molecule has 4 heterocycles. The number of piperazine rings is 1. The van der Waals surface area contributed by atoms with Gasteiger partial charge in [0, 0.05) is 81.9 Å². The van der Waals surface area contributed by atoms with E-state index in [2.05, 4.69) is 29.8 Å². The van der Waals surface area contributed by atoms with Crippen LogP contribution in [0.15, 0.2) is 77.0 Å². The number of H-pyrrole nitrogens is 1. The second-order valence-corrected chi connectivity index (χ2v) is 18.3. The Morgan fingerprint density at radius 1 is 1.00 bits per heavy atom. The predicted molar refractivity (Wildman–Crippen MR) is 221 cm³/mol. The second-order valence-electron chi connectivity index (χ2n) is 16.6. The zero-order chi connectivity index (χ0) is 39.8. The smallest absolute Gasteiger partial charge is 0.293 e. The van der Waals surface area contributed by atoms with Gasteiger partial charge in [-0.25, -0.2) is 18.1 Å². The van der Waals surface area contributed by atoms with Gasteiger partial charge in [0.05, 0.1) is 21.6 Å². The Hall–Kier alpha value is -4.99. The number of benzene rings is 2. The van der Waals surface area contributed by atoms with Gasteiger partial charge in [0.15, 0.2) is 0 Å². The molecule has 2 unspecified atom stereocenters. The molecule has 0 bridgehead atoms. The van der Waals surface area contributed by atoms with Crippen LogP contribution in [0.3, 0.4) is 0 Å². The van der Waals surface area contributed by atoms with Gasteiger partial charge in [0.1, 0.15) is 22.8 Å². The van der Waals surface area contributed by atoms with Gasteiger partial charge >= 0.3 is 0 Å². The number of fused-ring (bicyclic) bond motifs is 2. The number of carbonyl (C=O) groups is 1. The molecule has 306 valence electrons. The Morgan fingerprint density at radius 2 is 1.83 bits per heavy atom. The molecule has 4 fully saturated rings. The first kappa shape index (κ1) is 38.5. The van der Waals surface area contributed by atoms with Crippen molar-refractivity contribution in [1.82, 2.24) is 19.6 Å². The van der Waals surface area contributed by atoms with Crippen LogP contribution in [0.25, 0.3) is 11.0 Å². The third-order valence-corrected chi connectivity index (χ3v) is 14.3. The molecule has 9 rings (SSSR count). The van der Waals surface area contributed by atoms with Gasteiger partial charge in [-0.1, -0.05) is 11.1 Å². The van der Waals surface area contributed by atoms with Gasteiger partial charge in [-0.15, -0.1) is 0 Å². The fourth-order valence-corrected chi connectivity index (χ4v) is 10.7. The van der Waals surface area contributed by atoms with E-state index in [0.29, 0.717) is 31.2 Å². The van der Waals surface area contributed by atoms with Crippen LogP contribution in [0.2, 0.25) is 0 Å². The van der Waals surface area contributed by atoms with Crippen LogP contribution in [0, 0.1) is 33.8 Å².